The fourth-order valence-electron chi connectivity index (χ4n) is 4.29. The molecule has 1 N–H and O–H groups in total. The second-order valence-corrected chi connectivity index (χ2v) is 11.5. The fraction of sp³-hybridized carbons (Fsp3) is 0.462. The number of anilines is 1. The van der Waals surface area contributed by atoms with Crippen LogP contribution in [0, 0.1) is 11.6 Å². The van der Waals surface area contributed by atoms with Crippen LogP contribution >= 0.6 is 0 Å². The summed E-state index contributed by atoms with van der Waals surface area (Å²) in [4.78, 5) is 28.0. The van der Waals surface area contributed by atoms with E-state index in [1.807, 2.05) is 0 Å². The zero-order chi connectivity index (χ0) is 27.2. The van der Waals surface area contributed by atoms with Crippen molar-refractivity contribution in [3.8, 4) is 0 Å². The Morgan fingerprint density at radius 2 is 1.62 bits per heavy atom. The van der Waals surface area contributed by atoms with E-state index in [0.29, 0.717) is 9.87 Å². The highest BCUT2D eigenvalue weighted by atomic mass is 32.2. The predicted molar refractivity (Wildman–Crippen MR) is 138 cm³/mol. The third kappa shape index (κ3) is 7.26. The molecule has 0 heterocycles. The van der Waals surface area contributed by atoms with Gasteiger partial charge in [-0.25, -0.2) is 13.1 Å². The molecular formula is C26H34F2N4O4S. The Labute approximate surface area is 217 Å². The summed E-state index contributed by atoms with van der Waals surface area (Å²) in [7, 11) is -1.70. The monoisotopic (exact) mass is 536 g/mol. The van der Waals surface area contributed by atoms with Gasteiger partial charge in [-0.1, -0.05) is 43.5 Å². The molecule has 0 aromatic heterocycles. The molecule has 2 aromatic rings. The number of carbonyl (C=O) groups is 2. The van der Waals surface area contributed by atoms with Crippen LogP contribution in [-0.4, -0.2) is 62.2 Å². The summed E-state index contributed by atoms with van der Waals surface area (Å²) in [5.41, 5.74) is 0.269. The Morgan fingerprint density at radius 1 is 1.00 bits per heavy atom. The lowest BCUT2D eigenvalue weighted by Crippen LogP contribution is -2.53. The van der Waals surface area contributed by atoms with Crippen molar-refractivity contribution < 1.29 is 26.8 Å². The summed E-state index contributed by atoms with van der Waals surface area (Å²) in [5.74, 6) is -2.33. The van der Waals surface area contributed by atoms with Gasteiger partial charge in [-0.15, -0.1) is 0 Å². The number of hydrogen-bond acceptors (Lipinski definition) is 4. The molecule has 8 nitrogen and oxygen atoms in total. The van der Waals surface area contributed by atoms with Crippen molar-refractivity contribution in [2.24, 2.45) is 0 Å². The van der Waals surface area contributed by atoms with Crippen LogP contribution in [0.5, 0.6) is 0 Å². The molecule has 0 radical (unpaired) electrons. The second-order valence-electron chi connectivity index (χ2n) is 9.42. The average Bonchev–Trinajstić information content (AvgIpc) is 2.87. The standard InChI is InChI=1S/C26H34F2N4O4S/c1-19(26(34)29-22-9-5-4-6-10-22)31(17-20-13-15-21(27)16-14-20)25(33)18-32(37(35,36)30(2)3)24-12-8-7-11-23(24)28/h7-8,11-16,19,22H,4-6,9-10,17-18H2,1-3H3,(H,29,34). The first-order valence-electron chi connectivity index (χ1n) is 12.3. The first-order chi connectivity index (χ1) is 17.5. The topological polar surface area (TPSA) is 90.0 Å². The lowest BCUT2D eigenvalue weighted by atomic mass is 9.95. The minimum absolute atomic E-state index is 0.00973. The van der Waals surface area contributed by atoms with Gasteiger partial charge >= 0.3 is 10.2 Å². The number of amides is 2. The number of carbonyl (C=O) groups excluding carboxylic acids is 2. The van der Waals surface area contributed by atoms with Crippen molar-refractivity contribution in [2.45, 2.75) is 57.7 Å². The highest BCUT2D eigenvalue weighted by Gasteiger charge is 2.34. The van der Waals surface area contributed by atoms with E-state index in [1.165, 1.54) is 61.5 Å². The number of benzene rings is 2. The first-order valence-corrected chi connectivity index (χ1v) is 13.7. The molecule has 0 spiro atoms. The molecule has 1 saturated carbocycles. The van der Waals surface area contributed by atoms with Crippen LogP contribution in [0.2, 0.25) is 0 Å². The summed E-state index contributed by atoms with van der Waals surface area (Å²) < 4.78 is 55.9. The SMILES string of the molecule is CC(C(=O)NC1CCCCC1)N(Cc1ccc(F)cc1)C(=O)CN(c1ccccc1F)S(=O)(=O)N(C)C. The maximum absolute atomic E-state index is 14.7. The van der Waals surface area contributed by atoms with Crippen LogP contribution in [0.25, 0.3) is 0 Å². The zero-order valence-electron chi connectivity index (χ0n) is 21.4. The molecule has 0 saturated heterocycles. The Kier molecular flexibility index (Phi) is 9.61. The van der Waals surface area contributed by atoms with Gasteiger partial charge in [0.2, 0.25) is 11.8 Å². The largest absolute Gasteiger partial charge is 0.352 e. The molecule has 11 heteroatoms. The Balaban J connectivity index is 1.92. The Hall–Kier alpha value is -3.05. The second kappa shape index (κ2) is 12.5. The quantitative estimate of drug-likeness (QED) is 0.504. The lowest BCUT2D eigenvalue weighted by molar-refractivity contribution is -0.139. The summed E-state index contributed by atoms with van der Waals surface area (Å²) in [6, 6.07) is 9.79. The number of hydrogen-bond donors (Lipinski definition) is 1. The molecule has 1 aliphatic rings. The van der Waals surface area contributed by atoms with Crippen molar-refractivity contribution in [1.82, 2.24) is 14.5 Å². The van der Waals surface area contributed by atoms with Gasteiger partial charge in [0.05, 0.1) is 5.69 Å². The van der Waals surface area contributed by atoms with Crippen LogP contribution in [0.3, 0.4) is 0 Å². The van der Waals surface area contributed by atoms with Crippen molar-refractivity contribution >= 4 is 27.7 Å². The van der Waals surface area contributed by atoms with Crippen LogP contribution in [-0.2, 0) is 26.3 Å². The van der Waals surface area contributed by atoms with E-state index >= 15 is 0 Å². The summed E-state index contributed by atoms with van der Waals surface area (Å²) in [6.45, 7) is 0.767. The molecule has 2 aromatic carbocycles. The van der Waals surface area contributed by atoms with Crippen molar-refractivity contribution in [3.05, 3.63) is 65.7 Å². The van der Waals surface area contributed by atoms with Gasteiger partial charge in [0.1, 0.15) is 24.2 Å². The van der Waals surface area contributed by atoms with Crippen LogP contribution in [0.1, 0.15) is 44.6 Å². The third-order valence-corrected chi connectivity index (χ3v) is 8.33. The molecule has 0 aliphatic heterocycles. The number of nitrogens with one attached hydrogen (secondary N) is 1. The minimum atomic E-state index is -4.26. The number of rotatable bonds is 10. The molecular weight excluding hydrogens is 502 g/mol. The first kappa shape index (κ1) is 28.5. The molecule has 1 aliphatic carbocycles. The number of para-hydroxylation sites is 1. The van der Waals surface area contributed by atoms with E-state index < -0.39 is 40.3 Å². The lowest BCUT2D eigenvalue weighted by Gasteiger charge is -2.34. The maximum atomic E-state index is 14.7. The van der Waals surface area contributed by atoms with E-state index in [0.717, 1.165) is 42.5 Å². The molecule has 1 unspecified atom stereocenters. The molecule has 3 rings (SSSR count). The predicted octanol–water partition coefficient (Wildman–Crippen LogP) is 3.44. The maximum Gasteiger partial charge on any atom is 0.304 e. The minimum Gasteiger partial charge on any atom is -0.352 e. The highest BCUT2D eigenvalue weighted by Crippen LogP contribution is 2.24. The smallest absolute Gasteiger partial charge is 0.304 e. The molecule has 37 heavy (non-hydrogen) atoms. The van der Waals surface area contributed by atoms with Gasteiger partial charge in [-0.3, -0.25) is 9.59 Å². The highest BCUT2D eigenvalue weighted by molar-refractivity contribution is 7.90. The van der Waals surface area contributed by atoms with Gasteiger partial charge in [0.15, 0.2) is 0 Å². The van der Waals surface area contributed by atoms with E-state index in [1.54, 1.807) is 6.92 Å². The molecule has 2 amide bonds. The Bertz CT molecular complexity index is 1190. The van der Waals surface area contributed by atoms with E-state index in [4.69, 9.17) is 0 Å². The molecule has 0 bridgehead atoms. The van der Waals surface area contributed by atoms with Gasteiger partial charge in [-0.05, 0) is 49.6 Å². The summed E-state index contributed by atoms with van der Waals surface area (Å²) in [5, 5.41) is 3.00. The summed E-state index contributed by atoms with van der Waals surface area (Å²) >= 11 is 0. The zero-order valence-corrected chi connectivity index (χ0v) is 22.2. The van der Waals surface area contributed by atoms with Gasteiger partial charge in [0, 0.05) is 26.7 Å². The Morgan fingerprint density at radius 3 is 2.22 bits per heavy atom. The third-order valence-electron chi connectivity index (χ3n) is 6.52. The molecule has 1 fully saturated rings. The van der Waals surface area contributed by atoms with Crippen LogP contribution in [0.4, 0.5) is 14.5 Å². The average molecular weight is 537 g/mol. The van der Waals surface area contributed by atoms with Gasteiger partial charge in [0.25, 0.3) is 0 Å². The van der Waals surface area contributed by atoms with Crippen LogP contribution in [0.15, 0.2) is 48.5 Å². The summed E-state index contributed by atoms with van der Waals surface area (Å²) in [6.07, 6.45) is 4.84. The van der Waals surface area contributed by atoms with Gasteiger partial charge in [-0.2, -0.15) is 12.7 Å². The molecule has 202 valence electrons. The number of nitrogens with zero attached hydrogens (tertiary/aromatic N) is 3. The fourth-order valence-corrected chi connectivity index (χ4v) is 5.36. The number of halogens is 2. The normalized spacial score (nSPS) is 15.3. The van der Waals surface area contributed by atoms with E-state index in [-0.39, 0.29) is 24.2 Å². The van der Waals surface area contributed by atoms with Crippen LogP contribution < -0.4 is 9.62 Å². The van der Waals surface area contributed by atoms with E-state index in [2.05, 4.69) is 5.32 Å². The van der Waals surface area contributed by atoms with Crippen molar-refractivity contribution in [1.29, 1.82) is 0 Å². The van der Waals surface area contributed by atoms with E-state index in [9.17, 15) is 26.8 Å². The molecule has 1 atom stereocenters. The van der Waals surface area contributed by atoms with Gasteiger partial charge < -0.3 is 10.2 Å². The van der Waals surface area contributed by atoms with Crippen molar-refractivity contribution in [2.75, 3.05) is 24.9 Å². The van der Waals surface area contributed by atoms with Crippen molar-refractivity contribution in [3.63, 3.8) is 0 Å².